The van der Waals surface area contributed by atoms with Crippen molar-refractivity contribution in [3.8, 4) is 0 Å². The van der Waals surface area contributed by atoms with Gasteiger partial charge in [0.2, 0.25) is 0 Å². The van der Waals surface area contributed by atoms with Gasteiger partial charge in [-0.05, 0) is 37.0 Å². The number of anilines is 1. The molecule has 0 heterocycles. The Morgan fingerprint density at radius 2 is 1.71 bits per heavy atom. The predicted molar refractivity (Wildman–Crippen MR) is 67.5 cm³/mol. The summed E-state index contributed by atoms with van der Waals surface area (Å²) in [7, 11) is 4.14. The Morgan fingerprint density at radius 1 is 1.07 bits per heavy atom. The summed E-state index contributed by atoms with van der Waals surface area (Å²) in [5, 5.41) is 1.11. The summed E-state index contributed by atoms with van der Waals surface area (Å²) in [6.45, 7) is 0. The van der Waals surface area contributed by atoms with Crippen LogP contribution < -0.4 is 4.90 Å². The summed E-state index contributed by atoms with van der Waals surface area (Å²) in [4.78, 5) is 2.13. The van der Waals surface area contributed by atoms with Gasteiger partial charge in [0.15, 0.2) is 0 Å². The molecule has 0 bridgehead atoms. The van der Waals surface area contributed by atoms with Crippen LogP contribution in [0.2, 0.25) is 0 Å². The number of alkyl halides is 1. The molecule has 1 aromatic rings. The zero-order valence-corrected chi connectivity index (χ0v) is 10.5. The zero-order valence-electron chi connectivity index (χ0n) is 8.96. The topological polar surface area (TPSA) is 3.24 Å². The number of unbranched alkanes of at least 4 members (excludes halogenated alkanes) is 1. The van der Waals surface area contributed by atoms with Crippen molar-refractivity contribution in [2.75, 3.05) is 24.3 Å². The second-order valence-electron chi connectivity index (χ2n) is 3.71. The molecule has 0 amide bonds. The fraction of sp³-hybridized carbons (Fsp3) is 0.500. The first kappa shape index (κ1) is 11.6. The van der Waals surface area contributed by atoms with Crippen LogP contribution >= 0.6 is 15.9 Å². The molecular weight excluding hydrogens is 238 g/mol. The molecule has 0 saturated carbocycles. The van der Waals surface area contributed by atoms with Gasteiger partial charge in [-0.15, -0.1) is 0 Å². The number of hydrogen-bond donors (Lipinski definition) is 0. The highest BCUT2D eigenvalue weighted by Crippen LogP contribution is 2.13. The van der Waals surface area contributed by atoms with Crippen molar-refractivity contribution in [2.24, 2.45) is 0 Å². The molecule has 0 spiro atoms. The third-order valence-electron chi connectivity index (χ3n) is 2.30. The van der Waals surface area contributed by atoms with E-state index in [0.29, 0.717) is 0 Å². The average molecular weight is 256 g/mol. The van der Waals surface area contributed by atoms with Crippen molar-refractivity contribution in [1.29, 1.82) is 0 Å². The fourth-order valence-corrected chi connectivity index (χ4v) is 1.78. The maximum absolute atomic E-state index is 3.45. The van der Waals surface area contributed by atoms with Crippen molar-refractivity contribution in [2.45, 2.75) is 19.3 Å². The molecule has 0 aliphatic heterocycles. The Kier molecular flexibility index (Phi) is 5.02. The minimum atomic E-state index is 1.11. The highest BCUT2D eigenvalue weighted by molar-refractivity contribution is 9.09. The van der Waals surface area contributed by atoms with Gasteiger partial charge >= 0.3 is 0 Å². The van der Waals surface area contributed by atoms with E-state index < -0.39 is 0 Å². The monoisotopic (exact) mass is 255 g/mol. The summed E-state index contributed by atoms with van der Waals surface area (Å²) in [5.41, 5.74) is 2.71. The first-order valence-corrected chi connectivity index (χ1v) is 6.18. The average Bonchev–Trinajstić information content (AvgIpc) is 2.19. The van der Waals surface area contributed by atoms with E-state index in [4.69, 9.17) is 0 Å². The molecule has 0 saturated heterocycles. The van der Waals surface area contributed by atoms with Gasteiger partial charge < -0.3 is 4.90 Å². The van der Waals surface area contributed by atoms with Gasteiger partial charge in [-0.2, -0.15) is 0 Å². The Hall–Kier alpha value is -0.500. The van der Waals surface area contributed by atoms with E-state index >= 15 is 0 Å². The molecule has 0 aliphatic carbocycles. The van der Waals surface area contributed by atoms with E-state index in [1.165, 1.54) is 30.5 Å². The van der Waals surface area contributed by atoms with Gasteiger partial charge in [-0.25, -0.2) is 0 Å². The minimum absolute atomic E-state index is 1.11. The molecular formula is C12H18BrN. The van der Waals surface area contributed by atoms with Crippen LogP contribution in [-0.4, -0.2) is 19.4 Å². The third-order valence-corrected chi connectivity index (χ3v) is 2.86. The zero-order chi connectivity index (χ0) is 10.4. The first-order chi connectivity index (χ1) is 6.74. The van der Waals surface area contributed by atoms with Gasteiger partial charge in [0.05, 0.1) is 0 Å². The second-order valence-corrected chi connectivity index (χ2v) is 4.50. The van der Waals surface area contributed by atoms with Crippen LogP contribution in [0.1, 0.15) is 18.4 Å². The van der Waals surface area contributed by atoms with Crippen LogP contribution in [0.15, 0.2) is 24.3 Å². The van der Waals surface area contributed by atoms with Crippen LogP contribution in [0, 0.1) is 0 Å². The Bertz CT molecular complexity index is 254. The molecule has 14 heavy (non-hydrogen) atoms. The molecule has 0 aromatic heterocycles. The molecule has 0 atom stereocenters. The molecule has 1 aromatic carbocycles. The van der Waals surface area contributed by atoms with Crippen LogP contribution in [0.4, 0.5) is 5.69 Å². The lowest BCUT2D eigenvalue weighted by molar-refractivity contribution is 0.806. The number of benzene rings is 1. The Labute approximate surface area is 95.2 Å². The normalized spacial score (nSPS) is 10.2. The summed E-state index contributed by atoms with van der Waals surface area (Å²) in [6.07, 6.45) is 3.72. The third kappa shape index (κ3) is 3.70. The van der Waals surface area contributed by atoms with E-state index in [1.54, 1.807) is 0 Å². The van der Waals surface area contributed by atoms with Crippen molar-refractivity contribution in [1.82, 2.24) is 0 Å². The molecule has 1 nitrogen and oxygen atoms in total. The number of rotatable bonds is 5. The SMILES string of the molecule is CN(C)c1ccc(CCCCBr)cc1. The van der Waals surface area contributed by atoms with Gasteiger partial charge in [-0.1, -0.05) is 28.1 Å². The maximum Gasteiger partial charge on any atom is 0.0361 e. The number of halogens is 1. The first-order valence-electron chi connectivity index (χ1n) is 5.06. The second kappa shape index (κ2) is 6.07. The summed E-state index contributed by atoms with van der Waals surface area (Å²) in [6, 6.07) is 8.82. The largest absolute Gasteiger partial charge is 0.378 e. The molecule has 0 unspecified atom stereocenters. The summed E-state index contributed by atoms with van der Waals surface area (Å²) in [5.74, 6) is 0. The lowest BCUT2D eigenvalue weighted by Crippen LogP contribution is -2.08. The van der Waals surface area contributed by atoms with Gasteiger partial charge in [0.25, 0.3) is 0 Å². The molecule has 0 aliphatic rings. The van der Waals surface area contributed by atoms with Crippen LogP contribution in [0.3, 0.4) is 0 Å². The molecule has 1 rings (SSSR count). The standard InChI is InChI=1S/C12H18BrN/c1-14(2)12-8-6-11(7-9-12)5-3-4-10-13/h6-9H,3-5,10H2,1-2H3. The van der Waals surface area contributed by atoms with Crippen LogP contribution in [0.5, 0.6) is 0 Å². The number of nitrogens with zero attached hydrogens (tertiary/aromatic N) is 1. The highest BCUT2D eigenvalue weighted by atomic mass is 79.9. The maximum atomic E-state index is 3.45. The molecule has 2 heteroatoms. The molecule has 0 radical (unpaired) electrons. The van der Waals surface area contributed by atoms with E-state index in [2.05, 4.69) is 59.2 Å². The van der Waals surface area contributed by atoms with Crippen molar-refractivity contribution >= 4 is 21.6 Å². The van der Waals surface area contributed by atoms with Gasteiger partial charge in [-0.3, -0.25) is 0 Å². The van der Waals surface area contributed by atoms with E-state index in [-0.39, 0.29) is 0 Å². The summed E-state index contributed by atoms with van der Waals surface area (Å²) >= 11 is 3.45. The molecule has 0 N–H and O–H groups in total. The smallest absolute Gasteiger partial charge is 0.0361 e. The number of hydrogen-bond acceptors (Lipinski definition) is 1. The quantitative estimate of drug-likeness (QED) is 0.576. The Morgan fingerprint density at radius 3 is 2.21 bits per heavy atom. The van der Waals surface area contributed by atoms with Crippen molar-refractivity contribution < 1.29 is 0 Å². The van der Waals surface area contributed by atoms with Gasteiger partial charge in [0, 0.05) is 25.1 Å². The highest BCUT2D eigenvalue weighted by Gasteiger charge is 1.96. The van der Waals surface area contributed by atoms with Crippen LogP contribution in [-0.2, 0) is 6.42 Å². The van der Waals surface area contributed by atoms with Crippen molar-refractivity contribution in [3.05, 3.63) is 29.8 Å². The number of aryl methyl sites for hydroxylation is 1. The fourth-order valence-electron chi connectivity index (χ4n) is 1.38. The van der Waals surface area contributed by atoms with Crippen LogP contribution in [0.25, 0.3) is 0 Å². The predicted octanol–water partition coefficient (Wildman–Crippen LogP) is 3.47. The lowest BCUT2D eigenvalue weighted by atomic mass is 10.1. The lowest BCUT2D eigenvalue weighted by Gasteiger charge is -2.12. The van der Waals surface area contributed by atoms with E-state index in [9.17, 15) is 0 Å². The summed E-state index contributed by atoms with van der Waals surface area (Å²) < 4.78 is 0. The van der Waals surface area contributed by atoms with E-state index in [0.717, 1.165) is 5.33 Å². The minimum Gasteiger partial charge on any atom is -0.378 e. The van der Waals surface area contributed by atoms with Crippen molar-refractivity contribution in [3.63, 3.8) is 0 Å². The molecule has 78 valence electrons. The van der Waals surface area contributed by atoms with E-state index in [1.807, 2.05) is 0 Å². The Balaban J connectivity index is 2.47. The molecule has 0 fully saturated rings. The van der Waals surface area contributed by atoms with Gasteiger partial charge in [0.1, 0.15) is 0 Å².